The van der Waals surface area contributed by atoms with Crippen LogP contribution in [0.2, 0.25) is 0 Å². The van der Waals surface area contributed by atoms with Crippen LogP contribution in [0.3, 0.4) is 0 Å². The largest absolute Gasteiger partial charge is 0.493 e. The Morgan fingerprint density at radius 3 is 2.64 bits per heavy atom. The minimum atomic E-state index is -4.27. The van der Waals surface area contributed by atoms with E-state index in [9.17, 15) is 22.4 Å². The fraction of sp³-hybridized carbons (Fsp3) is 0.348. The number of pyridine rings is 1. The molecule has 0 atom stereocenters. The first-order valence-electron chi connectivity index (χ1n) is 11.3. The van der Waals surface area contributed by atoms with Crippen molar-refractivity contribution >= 4 is 0 Å². The summed E-state index contributed by atoms with van der Waals surface area (Å²) < 4.78 is 59.0. The SMILES string of the molecule is O=c1[nH]c(-c2ccc(OCCCC(F)(F)F)cc2F)cc(-c2ccn(C3CCC3)n2)c1-c1nn[nH]n1. The van der Waals surface area contributed by atoms with Crippen molar-refractivity contribution in [1.29, 1.82) is 0 Å². The molecule has 0 radical (unpaired) electrons. The van der Waals surface area contributed by atoms with E-state index < -0.39 is 24.0 Å². The molecule has 9 nitrogen and oxygen atoms in total. The van der Waals surface area contributed by atoms with Gasteiger partial charge in [0.15, 0.2) is 0 Å². The van der Waals surface area contributed by atoms with Crippen molar-refractivity contribution < 1.29 is 22.3 Å². The van der Waals surface area contributed by atoms with Gasteiger partial charge < -0.3 is 9.72 Å². The van der Waals surface area contributed by atoms with Gasteiger partial charge in [0, 0.05) is 29.8 Å². The number of hydrogen-bond donors (Lipinski definition) is 2. The number of tetrazole rings is 1. The molecule has 13 heteroatoms. The predicted octanol–water partition coefficient (Wildman–Crippen LogP) is 4.67. The van der Waals surface area contributed by atoms with Gasteiger partial charge >= 0.3 is 6.18 Å². The fourth-order valence-corrected chi connectivity index (χ4v) is 4.00. The molecule has 36 heavy (non-hydrogen) atoms. The monoisotopic (exact) mass is 503 g/mol. The molecule has 5 rings (SSSR count). The van der Waals surface area contributed by atoms with E-state index in [4.69, 9.17) is 4.74 Å². The van der Waals surface area contributed by atoms with Crippen LogP contribution in [0.4, 0.5) is 17.6 Å². The Morgan fingerprint density at radius 1 is 1.14 bits per heavy atom. The highest BCUT2D eigenvalue weighted by Gasteiger charge is 2.26. The van der Waals surface area contributed by atoms with Crippen LogP contribution in [0, 0.1) is 5.82 Å². The standard InChI is InChI=1S/C23H21F4N7O2/c24-17-11-14(36-10-2-8-23(25,26)27)5-6-15(17)19-12-16(18-7-9-34(31-18)13-3-1-4-13)20(22(35)28-19)21-29-32-33-30-21/h5-7,9,11-13H,1-4,8,10H2,(H,28,35)(H,29,30,32,33). The highest BCUT2D eigenvalue weighted by Crippen LogP contribution is 2.34. The fourth-order valence-electron chi connectivity index (χ4n) is 4.00. The molecule has 0 spiro atoms. The topological polar surface area (TPSA) is 114 Å². The highest BCUT2D eigenvalue weighted by atomic mass is 19.4. The Balaban J connectivity index is 1.47. The summed E-state index contributed by atoms with van der Waals surface area (Å²) in [6.07, 6.45) is -0.487. The third-order valence-corrected chi connectivity index (χ3v) is 6.04. The summed E-state index contributed by atoms with van der Waals surface area (Å²) in [5, 5.41) is 18.3. The van der Waals surface area contributed by atoms with Crippen LogP contribution in [-0.2, 0) is 0 Å². The Morgan fingerprint density at radius 2 is 1.97 bits per heavy atom. The normalized spacial score (nSPS) is 14.1. The smallest absolute Gasteiger partial charge is 0.389 e. The van der Waals surface area contributed by atoms with Gasteiger partial charge in [-0.05, 0) is 55.2 Å². The minimum Gasteiger partial charge on any atom is -0.493 e. The summed E-state index contributed by atoms with van der Waals surface area (Å²) in [6.45, 7) is -0.206. The number of aromatic nitrogens is 7. The first-order valence-corrected chi connectivity index (χ1v) is 11.3. The first kappa shape index (κ1) is 23.7. The number of benzene rings is 1. The predicted molar refractivity (Wildman–Crippen MR) is 121 cm³/mol. The molecule has 0 amide bonds. The van der Waals surface area contributed by atoms with Crippen molar-refractivity contribution in [1.82, 2.24) is 35.4 Å². The second-order valence-corrected chi connectivity index (χ2v) is 8.51. The van der Waals surface area contributed by atoms with Gasteiger partial charge in [0.05, 0.1) is 29.6 Å². The lowest BCUT2D eigenvalue weighted by molar-refractivity contribution is -0.136. The van der Waals surface area contributed by atoms with E-state index >= 15 is 0 Å². The Kier molecular flexibility index (Phi) is 6.29. The number of alkyl halides is 3. The molecule has 0 unspecified atom stereocenters. The quantitative estimate of drug-likeness (QED) is 0.267. The van der Waals surface area contributed by atoms with Crippen molar-refractivity contribution in [2.75, 3.05) is 6.61 Å². The molecule has 1 saturated carbocycles. The van der Waals surface area contributed by atoms with Gasteiger partial charge in [-0.25, -0.2) is 4.39 Å². The van der Waals surface area contributed by atoms with Gasteiger partial charge in [-0.2, -0.15) is 23.5 Å². The molecule has 0 saturated heterocycles. The van der Waals surface area contributed by atoms with Gasteiger partial charge in [0.2, 0.25) is 5.82 Å². The van der Waals surface area contributed by atoms with Gasteiger partial charge in [-0.15, -0.1) is 10.2 Å². The van der Waals surface area contributed by atoms with Gasteiger partial charge in [-0.3, -0.25) is 9.48 Å². The summed E-state index contributed by atoms with van der Waals surface area (Å²) in [5.74, 6) is -0.556. The zero-order valence-corrected chi connectivity index (χ0v) is 18.8. The maximum absolute atomic E-state index is 15.0. The third kappa shape index (κ3) is 4.99. The second-order valence-electron chi connectivity index (χ2n) is 8.51. The molecule has 4 aromatic rings. The van der Waals surface area contributed by atoms with E-state index in [2.05, 4.69) is 30.7 Å². The van der Waals surface area contributed by atoms with Crippen LogP contribution >= 0.6 is 0 Å². The van der Waals surface area contributed by atoms with E-state index in [1.54, 1.807) is 12.1 Å². The highest BCUT2D eigenvalue weighted by molar-refractivity contribution is 5.81. The Hall–Kier alpha value is -4.03. The molecule has 1 aliphatic carbocycles. The third-order valence-electron chi connectivity index (χ3n) is 6.04. The number of aromatic amines is 2. The first-order chi connectivity index (χ1) is 17.3. The summed E-state index contributed by atoms with van der Waals surface area (Å²) in [5.41, 5.74) is 0.736. The van der Waals surface area contributed by atoms with E-state index in [0.29, 0.717) is 17.3 Å². The van der Waals surface area contributed by atoms with Crippen LogP contribution in [0.1, 0.15) is 38.1 Å². The number of H-pyrrole nitrogens is 2. The van der Waals surface area contributed by atoms with Crippen molar-refractivity contribution in [3.63, 3.8) is 0 Å². The van der Waals surface area contributed by atoms with Crippen LogP contribution in [0.25, 0.3) is 33.9 Å². The van der Waals surface area contributed by atoms with Crippen LogP contribution in [0.15, 0.2) is 41.3 Å². The second kappa shape index (κ2) is 9.55. The van der Waals surface area contributed by atoms with Crippen LogP contribution < -0.4 is 10.3 Å². The molecule has 1 aromatic carbocycles. The van der Waals surface area contributed by atoms with E-state index in [1.807, 2.05) is 10.9 Å². The molecule has 1 fully saturated rings. The molecule has 3 heterocycles. The summed E-state index contributed by atoms with van der Waals surface area (Å²) in [4.78, 5) is 15.8. The lowest BCUT2D eigenvalue weighted by Crippen LogP contribution is -2.17. The number of rotatable bonds is 8. The number of nitrogens with one attached hydrogen (secondary N) is 2. The lowest BCUT2D eigenvalue weighted by atomic mass is 9.93. The van der Waals surface area contributed by atoms with E-state index in [0.717, 1.165) is 25.3 Å². The van der Waals surface area contributed by atoms with Crippen molar-refractivity contribution in [2.45, 2.75) is 44.3 Å². The van der Waals surface area contributed by atoms with E-state index in [-0.39, 0.29) is 41.4 Å². The van der Waals surface area contributed by atoms with Crippen LogP contribution in [0.5, 0.6) is 5.75 Å². The minimum absolute atomic E-state index is 0.0686. The number of ether oxygens (including phenoxy) is 1. The Labute approximate surface area is 201 Å². The molecular formula is C23H21F4N7O2. The lowest BCUT2D eigenvalue weighted by Gasteiger charge is -2.25. The summed E-state index contributed by atoms with van der Waals surface area (Å²) in [7, 11) is 0. The molecule has 0 aliphatic heterocycles. The Bertz CT molecular complexity index is 1410. The van der Waals surface area contributed by atoms with Gasteiger partial charge in [0.25, 0.3) is 5.56 Å². The number of hydrogen-bond acceptors (Lipinski definition) is 6. The molecule has 188 valence electrons. The van der Waals surface area contributed by atoms with Gasteiger partial charge in [-0.1, -0.05) is 0 Å². The van der Waals surface area contributed by atoms with E-state index in [1.165, 1.54) is 12.1 Å². The summed E-state index contributed by atoms with van der Waals surface area (Å²) in [6, 6.07) is 7.55. The number of halogens is 4. The van der Waals surface area contributed by atoms with Crippen molar-refractivity contribution in [3.05, 3.63) is 52.7 Å². The average molecular weight is 503 g/mol. The zero-order valence-electron chi connectivity index (χ0n) is 18.8. The van der Waals surface area contributed by atoms with Gasteiger partial charge in [0.1, 0.15) is 11.6 Å². The van der Waals surface area contributed by atoms with Crippen molar-refractivity contribution in [2.24, 2.45) is 0 Å². The van der Waals surface area contributed by atoms with Crippen molar-refractivity contribution in [3.8, 4) is 39.7 Å². The van der Waals surface area contributed by atoms with Crippen LogP contribution in [-0.4, -0.2) is 48.2 Å². The maximum Gasteiger partial charge on any atom is 0.389 e. The average Bonchev–Trinajstić information content (AvgIpc) is 3.47. The molecule has 0 bridgehead atoms. The molecular weight excluding hydrogens is 482 g/mol. The number of nitrogens with zero attached hydrogens (tertiary/aromatic N) is 5. The maximum atomic E-state index is 15.0. The molecule has 2 N–H and O–H groups in total. The zero-order chi connectivity index (χ0) is 25.3. The molecule has 1 aliphatic rings. The molecule has 3 aromatic heterocycles. The summed E-state index contributed by atoms with van der Waals surface area (Å²) >= 11 is 0.